The summed E-state index contributed by atoms with van der Waals surface area (Å²) in [5, 5.41) is 0.707. The van der Waals surface area contributed by atoms with E-state index in [1.54, 1.807) is 0 Å². The normalized spacial score (nSPS) is 20.3. The number of halogens is 1. The third-order valence-electron chi connectivity index (χ3n) is 3.22. The van der Waals surface area contributed by atoms with Crippen LogP contribution in [0.4, 0.5) is 0 Å². The van der Waals surface area contributed by atoms with Crippen molar-refractivity contribution in [1.82, 2.24) is 9.55 Å². The van der Waals surface area contributed by atoms with Gasteiger partial charge >= 0.3 is 0 Å². The quantitative estimate of drug-likeness (QED) is 0.859. The standard InChI is InChI=1S/C11H18ClN3/c1-2-10-14-11(12)9-4-3-8(5-6-13)7-15(9)10/h8H,2-7,13H2,1H3. The van der Waals surface area contributed by atoms with Crippen LogP contribution >= 0.6 is 11.6 Å². The number of rotatable bonds is 3. The van der Waals surface area contributed by atoms with E-state index in [1.165, 1.54) is 12.1 Å². The molecule has 84 valence electrons. The summed E-state index contributed by atoms with van der Waals surface area (Å²) < 4.78 is 2.30. The van der Waals surface area contributed by atoms with Crippen molar-refractivity contribution in [3.8, 4) is 0 Å². The highest BCUT2D eigenvalue weighted by atomic mass is 35.5. The van der Waals surface area contributed by atoms with E-state index in [-0.39, 0.29) is 0 Å². The molecule has 0 fully saturated rings. The molecule has 1 aliphatic heterocycles. The summed E-state index contributed by atoms with van der Waals surface area (Å²) in [5.74, 6) is 1.83. The van der Waals surface area contributed by atoms with Crippen LogP contribution in [-0.4, -0.2) is 16.1 Å². The zero-order valence-electron chi connectivity index (χ0n) is 9.17. The van der Waals surface area contributed by atoms with Crippen molar-refractivity contribution < 1.29 is 0 Å². The number of nitrogens with zero attached hydrogens (tertiary/aromatic N) is 2. The monoisotopic (exact) mass is 227 g/mol. The molecule has 2 N–H and O–H groups in total. The molecule has 2 heterocycles. The number of aromatic nitrogens is 2. The van der Waals surface area contributed by atoms with Gasteiger partial charge in [0.25, 0.3) is 0 Å². The van der Waals surface area contributed by atoms with Gasteiger partial charge < -0.3 is 10.3 Å². The van der Waals surface area contributed by atoms with Gasteiger partial charge in [0, 0.05) is 13.0 Å². The van der Waals surface area contributed by atoms with Crippen molar-refractivity contribution in [3.63, 3.8) is 0 Å². The van der Waals surface area contributed by atoms with Gasteiger partial charge in [-0.15, -0.1) is 0 Å². The van der Waals surface area contributed by atoms with Crippen molar-refractivity contribution in [2.24, 2.45) is 11.7 Å². The Kier molecular flexibility index (Phi) is 3.32. The van der Waals surface area contributed by atoms with Crippen molar-refractivity contribution in [2.45, 2.75) is 39.2 Å². The fourth-order valence-corrected chi connectivity index (χ4v) is 2.68. The van der Waals surface area contributed by atoms with Gasteiger partial charge in [0.2, 0.25) is 0 Å². The summed E-state index contributed by atoms with van der Waals surface area (Å²) in [5.41, 5.74) is 6.83. The number of hydrogen-bond donors (Lipinski definition) is 1. The van der Waals surface area contributed by atoms with Crippen LogP contribution in [0.3, 0.4) is 0 Å². The summed E-state index contributed by atoms with van der Waals surface area (Å²) in [7, 11) is 0. The van der Waals surface area contributed by atoms with Gasteiger partial charge in [0.15, 0.2) is 5.15 Å². The van der Waals surface area contributed by atoms with E-state index in [0.717, 1.165) is 38.2 Å². The molecule has 1 unspecified atom stereocenters. The maximum absolute atomic E-state index is 6.11. The minimum Gasteiger partial charge on any atom is -0.330 e. The summed E-state index contributed by atoms with van der Waals surface area (Å²) in [6, 6.07) is 0. The van der Waals surface area contributed by atoms with Crippen LogP contribution in [-0.2, 0) is 19.4 Å². The summed E-state index contributed by atoms with van der Waals surface area (Å²) in [6.07, 6.45) is 4.32. The Bertz CT molecular complexity index is 346. The molecule has 0 bridgehead atoms. The Morgan fingerprint density at radius 1 is 1.60 bits per heavy atom. The van der Waals surface area contributed by atoms with E-state index in [4.69, 9.17) is 17.3 Å². The number of aryl methyl sites for hydroxylation is 1. The van der Waals surface area contributed by atoms with E-state index < -0.39 is 0 Å². The first-order valence-corrected chi connectivity index (χ1v) is 6.07. The Labute approximate surface area is 95.6 Å². The third-order valence-corrected chi connectivity index (χ3v) is 3.53. The van der Waals surface area contributed by atoms with Crippen LogP contribution in [0.25, 0.3) is 0 Å². The molecule has 0 aliphatic carbocycles. The van der Waals surface area contributed by atoms with Crippen LogP contribution in [0.5, 0.6) is 0 Å². The number of nitrogens with two attached hydrogens (primary N) is 1. The maximum Gasteiger partial charge on any atom is 0.150 e. The fraction of sp³-hybridized carbons (Fsp3) is 0.727. The molecule has 4 heteroatoms. The number of fused-ring (bicyclic) bond motifs is 1. The fourth-order valence-electron chi connectivity index (χ4n) is 2.39. The lowest BCUT2D eigenvalue weighted by Gasteiger charge is -2.25. The van der Waals surface area contributed by atoms with Crippen molar-refractivity contribution in [1.29, 1.82) is 0 Å². The largest absolute Gasteiger partial charge is 0.330 e. The molecule has 2 rings (SSSR count). The second kappa shape index (κ2) is 4.54. The topological polar surface area (TPSA) is 43.8 Å². The van der Waals surface area contributed by atoms with Gasteiger partial charge in [-0.1, -0.05) is 18.5 Å². The second-order valence-electron chi connectivity index (χ2n) is 4.21. The summed E-state index contributed by atoms with van der Waals surface area (Å²) in [6.45, 7) is 3.96. The Balaban J connectivity index is 2.23. The predicted octanol–water partition coefficient (Wildman–Crippen LogP) is 2.01. The smallest absolute Gasteiger partial charge is 0.150 e. The van der Waals surface area contributed by atoms with Gasteiger partial charge in [0.1, 0.15) is 5.82 Å². The predicted molar refractivity (Wildman–Crippen MR) is 62.1 cm³/mol. The molecule has 0 radical (unpaired) electrons. The van der Waals surface area contributed by atoms with E-state index in [0.29, 0.717) is 11.1 Å². The first kappa shape index (κ1) is 11.0. The molecule has 3 nitrogen and oxygen atoms in total. The van der Waals surface area contributed by atoms with Crippen molar-refractivity contribution in [2.75, 3.05) is 6.54 Å². The van der Waals surface area contributed by atoms with E-state index in [9.17, 15) is 0 Å². The minimum atomic E-state index is 0.707. The average molecular weight is 228 g/mol. The average Bonchev–Trinajstić information content (AvgIpc) is 2.56. The number of hydrogen-bond acceptors (Lipinski definition) is 2. The Hall–Kier alpha value is -0.540. The second-order valence-corrected chi connectivity index (χ2v) is 4.57. The molecular weight excluding hydrogens is 210 g/mol. The molecule has 1 aromatic rings. The molecule has 0 aromatic carbocycles. The first-order valence-electron chi connectivity index (χ1n) is 5.70. The molecule has 0 saturated carbocycles. The summed E-state index contributed by atoms with van der Waals surface area (Å²) in [4.78, 5) is 4.40. The van der Waals surface area contributed by atoms with Crippen LogP contribution in [0.2, 0.25) is 5.15 Å². The van der Waals surface area contributed by atoms with Crippen LogP contribution in [0.15, 0.2) is 0 Å². The minimum absolute atomic E-state index is 0.707. The van der Waals surface area contributed by atoms with Gasteiger partial charge in [-0.3, -0.25) is 0 Å². The molecule has 0 amide bonds. The lowest BCUT2D eigenvalue weighted by atomic mass is 9.95. The summed E-state index contributed by atoms with van der Waals surface area (Å²) >= 11 is 6.11. The SMILES string of the molecule is CCc1nc(Cl)c2n1CC(CCN)CC2. The van der Waals surface area contributed by atoms with Gasteiger partial charge in [-0.2, -0.15) is 0 Å². The third kappa shape index (κ3) is 2.04. The Morgan fingerprint density at radius 3 is 3.07 bits per heavy atom. The van der Waals surface area contributed by atoms with Gasteiger partial charge in [0.05, 0.1) is 5.69 Å². The van der Waals surface area contributed by atoms with Crippen LogP contribution in [0, 0.1) is 5.92 Å². The molecule has 1 atom stereocenters. The highest BCUT2D eigenvalue weighted by Gasteiger charge is 2.23. The Morgan fingerprint density at radius 2 is 2.40 bits per heavy atom. The van der Waals surface area contributed by atoms with E-state index in [2.05, 4.69) is 16.5 Å². The maximum atomic E-state index is 6.11. The highest BCUT2D eigenvalue weighted by molar-refractivity contribution is 6.30. The molecule has 0 spiro atoms. The highest BCUT2D eigenvalue weighted by Crippen LogP contribution is 2.28. The molecule has 1 aliphatic rings. The van der Waals surface area contributed by atoms with Gasteiger partial charge in [-0.25, -0.2) is 4.98 Å². The van der Waals surface area contributed by atoms with Crippen molar-refractivity contribution in [3.05, 3.63) is 16.7 Å². The lowest BCUT2D eigenvalue weighted by Crippen LogP contribution is -2.23. The van der Waals surface area contributed by atoms with E-state index in [1.807, 2.05) is 0 Å². The lowest BCUT2D eigenvalue weighted by molar-refractivity contribution is 0.347. The number of imidazole rings is 1. The van der Waals surface area contributed by atoms with Gasteiger partial charge in [-0.05, 0) is 31.7 Å². The van der Waals surface area contributed by atoms with E-state index >= 15 is 0 Å². The van der Waals surface area contributed by atoms with Crippen LogP contribution < -0.4 is 5.73 Å². The zero-order chi connectivity index (χ0) is 10.8. The molecule has 1 aromatic heterocycles. The molecular formula is C11H18ClN3. The molecule has 0 saturated heterocycles. The van der Waals surface area contributed by atoms with Crippen molar-refractivity contribution >= 4 is 11.6 Å². The molecule has 15 heavy (non-hydrogen) atoms. The van der Waals surface area contributed by atoms with Crippen LogP contribution in [0.1, 0.15) is 31.3 Å². The zero-order valence-corrected chi connectivity index (χ0v) is 9.93. The first-order chi connectivity index (χ1) is 7.26.